The molecule has 5 atom stereocenters. The summed E-state index contributed by atoms with van der Waals surface area (Å²) in [5, 5.41) is 39.3. The average Bonchev–Trinajstić information content (AvgIpc) is 3.40. The van der Waals surface area contributed by atoms with Crippen LogP contribution in [0.15, 0.2) is 52.4 Å². The van der Waals surface area contributed by atoms with E-state index in [9.17, 15) is 25.2 Å². The zero-order chi connectivity index (χ0) is 31.6. The third kappa shape index (κ3) is 4.07. The molecule has 1 saturated heterocycles. The predicted octanol–water partition coefficient (Wildman–Crippen LogP) is -0.00532. The summed E-state index contributed by atoms with van der Waals surface area (Å²) in [7, 11) is 0. The fourth-order valence-electron chi connectivity index (χ4n) is 6.93. The summed E-state index contributed by atoms with van der Waals surface area (Å²) in [5.41, 5.74) is 10.3. The number of carbonyl (C=O) groups excluding carboxylic acids is 2. The summed E-state index contributed by atoms with van der Waals surface area (Å²) in [5.74, 6) is -0.801. The first-order valence-corrected chi connectivity index (χ1v) is 14.3. The maximum absolute atomic E-state index is 13.7. The summed E-state index contributed by atoms with van der Waals surface area (Å²) in [6.45, 7) is 6.01. The number of aliphatic hydroxyl groups is 1. The third-order valence-electron chi connectivity index (χ3n) is 9.39. The highest BCUT2D eigenvalue weighted by Gasteiger charge is 2.74. The number of para-hydroxylation sites is 1. The molecule has 4 aliphatic heterocycles. The van der Waals surface area contributed by atoms with Crippen LogP contribution in [0.1, 0.15) is 59.0 Å². The Morgan fingerprint density at radius 1 is 1.09 bits per heavy atom. The van der Waals surface area contributed by atoms with Gasteiger partial charge >= 0.3 is 0 Å². The summed E-state index contributed by atoms with van der Waals surface area (Å²) in [4.78, 5) is 37.2. The van der Waals surface area contributed by atoms with E-state index in [0.29, 0.717) is 23.0 Å². The number of ether oxygens (including phenoxy) is 1. The molecule has 1 fully saturated rings. The molecule has 2 aromatic rings. The molecule has 1 spiro atoms. The zero-order valence-electron chi connectivity index (χ0n) is 24.6. The summed E-state index contributed by atoms with van der Waals surface area (Å²) < 4.78 is 5.94. The van der Waals surface area contributed by atoms with Gasteiger partial charge in [-0.1, -0.05) is 38.1 Å². The molecule has 4 aliphatic rings. The van der Waals surface area contributed by atoms with Crippen LogP contribution in [0.2, 0.25) is 0 Å². The van der Waals surface area contributed by atoms with Gasteiger partial charge in [-0.25, -0.2) is 9.98 Å². The lowest BCUT2D eigenvalue weighted by molar-refractivity contribution is -0.218. The van der Waals surface area contributed by atoms with Crippen molar-refractivity contribution in [2.75, 3.05) is 19.7 Å². The summed E-state index contributed by atoms with van der Waals surface area (Å²) in [6.07, 6.45) is 0.806. The predicted molar refractivity (Wildman–Crippen MR) is 159 cm³/mol. The minimum absolute atomic E-state index is 0.0273. The average molecular weight is 602 g/mol. The van der Waals surface area contributed by atoms with E-state index in [2.05, 4.69) is 34.5 Å². The van der Waals surface area contributed by atoms with Crippen molar-refractivity contribution in [1.29, 1.82) is 5.26 Å². The standard InChI is InChI=1S/C30H35N9O5/c1-28(2)11-12-44-22-18(9-6-10-19(22)28)25(41)36-21-15-38-26(32)35-20(14-34-24(40)17-8-5-4-7-16(17)13-31)23-30(38,29(21,3)42)39(43)27(33)37-23/h4-10,20-21,23,42-43H,11-12,14-15H2,1-3H3,(H2,32,35)(H2,33,37)(H,34,40)(H,36,41)/t20?,21-,23?,29-,30?/m0/s1. The molecule has 0 aliphatic carbocycles. The number of nitrogens with one attached hydrogen (secondary N) is 2. The maximum atomic E-state index is 13.7. The van der Waals surface area contributed by atoms with Crippen LogP contribution in [0.3, 0.4) is 0 Å². The van der Waals surface area contributed by atoms with Crippen LogP contribution >= 0.6 is 0 Å². The Morgan fingerprint density at radius 2 is 1.82 bits per heavy atom. The topological polar surface area (TPSA) is 215 Å². The second-order valence-corrected chi connectivity index (χ2v) is 12.3. The summed E-state index contributed by atoms with van der Waals surface area (Å²) >= 11 is 0. The number of nitrogens with zero attached hydrogens (tertiary/aromatic N) is 5. The van der Waals surface area contributed by atoms with Crippen LogP contribution in [0, 0.1) is 11.3 Å². The van der Waals surface area contributed by atoms with Gasteiger partial charge < -0.3 is 36.8 Å². The number of rotatable bonds is 5. The number of carbonyl (C=O) groups is 2. The van der Waals surface area contributed by atoms with Crippen LogP contribution < -0.4 is 26.8 Å². The second kappa shape index (κ2) is 10.1. The molecule has 6 rings (SSSR count). The third-order valence-corrected chi connectivity index (χ3v) is 9.39. The van der Waals surface area contributed by atoms with Crippen LogP contribution in [0.4, 0.5) is 0 Å². The highest BCUT2D eigenvalue weighted by atomic mass is 16.5. The molecule has 44 heavy (non-hydrogen) atoms. The number of nitriles is 1. The minimum Gasteiger partial charge on any atom is -0.492 e. The van der Waals surface area contributed by atoms with Gasteiger partial charge in [0.2, 0.25) is 5.96 Å². The molecular formula is C30H35N9O5. The largest absolute Gasteiger partial charge is 0.492 e. The Bertz CT molecular complexity index is 1650. The van der Waals surface area contributed by atoms with Gasteiger partial charge in [0.15, 0.2) is 11.6 Å². The molecule has 0 radical (unpaired) electrons. The molecule has 3 unspecified atom stereocenters. The number of hydroxylamine groups is 2. The number of hydrogen-bond acceptors (Lipinski definition) is 12. The SMILES string of the molecule is CC1(C)CCOc2c(C(=O)N[C@H]3CN4C(N)=NC(CNC(=O)c5ccccc5C#N)C5N=C(N)N(O)C54[C@@]3(C)O)cccc21. The van der Waals surface area contributed by atoms with Gasteiger partial charge in [0.1, 0.15) is 17.4 Å². The molecular weight excluding hydrogens is 566 g/mol. The van der Waals surface area contributed by atoms with Crippen molar-refractivity contribution in [3.05, 3.63) is 64.7 Å². The van der Waals surface area contributed by atoms with E-state index in [1.54, 1.807) is 24.3 Å². The van der Waals surface area contributed by atoms with Gasteiger partial charge in [0.25, 0.3) is 11.8 Å². The molecule has 4 heterocycles. The maximum Gasteiger partial charge on any atom is 0.255 e. The quantitative estimate of drug-likeness (QED) is 0.270. The Morgan fingerprint density at radius 3 is 2.57 bits per heavy atom. The van der Waals surface area contributed by atoms with Crippen molar-refractivity contribution in [3.8, 4) is 11.8 Å². The molecule has 230 valence electrons. The van der Waals surface area contributed by atoms with E-state index in [4.69, 9.17) is 16.2 Å². The van der Waals surface area contributed by atoms with E-state index < -0.39 is 41.2 Å². The molecule has 8 N–H and O–H groups in total. The number of nitrogens with two attached hydrogens (primary N) is 2. The number of amides is 2. The van der Waals surface area contributed by atoms with Crippen molar-refractivity contribution < 1.29 is 24.6 Å². The van der Waals surface area contributed by atoms with Crippen LogP contribution in [-0.4, -0.2) is 93.1 Å². The number of guanidine groups is 2. The van der Waals surface area contributed by atoms with Crippen molar-refractivity contribution >= 4 is 23.7 Å². The van der Waals surface area contributed by atoms with E-state index >= 15 is 0 Å². The van der Waals surface area contributed by atoms with E-state index in [1.165, 1.54) is 24.0 Å². The van der Waals surface area contributed by atoms with E-state index in [0.717, 1.165) is 12.0 Å². The Hall–Kier alpha value is -4.87. The van der Waals surface area contributed by atoms with Gasteiger partial charge in [0.05, 0.1) is 41.5 Å². The lowest BCUT2D eigenvalue weighted by Gasteiger charge is -2.52. The Kier molecular flexibility index (Phi) is 6.71. The molecule has 2 amide bonds. The highest BCUT2D eigenvalue weighted by molar-refractivity contribution is 5.98. The van der Waals surface area contributed by atoms with Gasteiger partial charge in [-0.3, -0.25) is 14.8 Å². The number of hydrogen-bond donors (Lipinski definition) is 6. The Balaban J connectivity index is 1.29. The first kappa shape index (κ1) is 29.2. The number of aliphatic imine (C=N–C) groups is 2. The smallest absolute Gasteiger partial charge is 0.255 e. The molecule has 2 aromatic carbocycles. The number of benzene rings is 2. The molecule has 0 aromatic heterocycles. The monoisotopic (exact) mass is 601 g/mol. The molecule has 0 saturated carbocycles. The molecule has 14 heteroatoms. The van der Waals surface area contributed by atoms with Crippen molar-refractivity contribution in [3.63, 3.8) is 0 Å². The normalized spacial score (nSPS) is 29.7. The van der Waals surface area contributed by atoms with E-state index in [-0.39, 0.29) is 41.6 Å². The fourth-order valence-corrected chi connectivity index (χ4v) is 6.93. The summed E-state index contributed by atoms with van der Waals surface area (Å²) in [6, 6.07) is 10.9. The highest BCUT2D eigenvalue weighted by Crippen LogP contribution is 2.50. The lowest BCUT2D eigenvalue weighted by atomic mass is 9.78. The minimum atomic E-state index is -1.89. The van der Waals surface area contributed by atoms with Crippen molar-refractivity contribution in [2.45, 2.75) is 62.0 Å². The second-order valence-electron chi connectivity index (χ2n) is 12.3. The lowest BCUT2D eigenvalue weighted by Crippen LogP contribution is -2.77. The number of fused-ring (bicyclic) bond motifs is 1. The van der Waals surface area contributed by atoms with Crippen molar-refractivity contribution in [2.24, 2.45) is 21.5 Å². The van der Waals surface area contributed by atoms with Gasteiger partial charge in [-0.2, -0.15) is 10.3 Å². The zero-order valence-corrected chi connectivity index (χ0v) is 24.6. The molecule has 0 bridgehead atoms. The van der Waals surface area contributed by atoms with Crippen LogP contribution in [0.25, 0.3) is 0 Å². The fraction of sp³-hybridized carbons (Fsp3) is 0.433. The Labute approximate surface area is 253 Å². The van der Waals surface area contributed by atoms with E-state index in [1.807, 2.05) is 12.1 Å². The van der Waals surface area contributed by atoms with Gasteiger partial charge in [-0.15, -0.1) is 0 Å². The van der Waals surface area contributed by atoms with Gasteiger partial charge in [0, 0.05) is 18.7 Å². The van der Waals surface area contributed by atoms with Gasteiger partial charge in [-0.05, 0) is 37.0 Å². The first-order chi connectivity index (χ1) is 20.8. The van der Waals surface area contributed by atoms with Crippen LogP contribution in [0.5, 0.6) is 5.75 Å². The van der Waals surface area contributed by atoms with Crippen molar-refractivity contribution in [1.82, 2.24) is 20.6 Å². The molecule has 14 nitrogen and oxygen atoms in total. The van der Waals surface area contributed by atoms with Crippen LogP contribution in [-0.2, 0) is 5.41 Å². The first-order valence-electron chi connectivity index (χ1n) is 14.3.